The van der Waals surface area contributed by atoms with Gasteiger partial charge in [0.2, 0.25) is 11.7 Å². The van der Waals surface area contributed by atoms with E-state index in [0.717, 1.165) is 10.8 Å². The fourth-order valence-electron chi connectivity index (χ4n) is 2.16. The number of carboxylic acids is 1. The third-order valence-corrected chi connectivity index (χ3v) is 3.07. The summed E-state index contributed by atoms with van der Waals surface area (Å²) in [6.07, 6.45) is -3.01. The third-order valence-electron chi connectivity index (χ3n) is 3.07. The van der Waals surface area contributed by atoms with Crippen LogP contribution in [-0.4, -0.2) is 16.1 Å². The molecule has 0 aliphatic heterocycles. The molecule has 3 rings (SSSR count). The van der Waals surface area contributed by atoms with E-state index in [1.807, 2.05) is 18.2 Å². The zero-order chi connectivity index (χ0) is 15.0. The van der Waals surface area contributed by atoms with Crippen LogP contribution in [0.2, 0.25) is 0 Å². The van der Waals surface area contributed by atoms with Crippen molar-refractivity contribution in [3.8, 4) is 11.5 Å². The van der Waals surface area contributed by atoms with Gasteiger partial charge in [-0.2, -0.15) is 0 Å². The van der Waals surface area contributed by atoms with Crippen molar-refractivity contribution >= 4 is 16.7 Å². The molecule has 0 saturated heterocycles. The first kappa shape index (κ1) is 13.2. The number of rotatable bonds is 3. The van der Waals surface area contributed by atoms with Gasteiger partial charge < -0.3 is 9.52 Å². The lowest BCUT2D eigenvalue weighted by molar-refractivity contribution is 0.0647. The highest BCUT2D eigenvalue weighted by Gasteiger charge is 2.27. The SMILES string of the molecule is O=C(O)c1oc(-c2cccc3ccccc23)nc1C(F)F. The third kappa shape index (κ3) is 2.24. The Morgan fingerprint density at radius 1 is 1.14 bits per heavy atom. The average Bonchev–Trinajstić information content (AvgIpc) is 2.92. The number of oxazole rings is 1. The molecule has 1 aromatic heterocycles. The summed E-state index contributed by atoms with van der Waals surface area (Å²) < 4.78 is 30.7. The van der Waals surface area contributed by atoms with Crippen LogP contribution in [0.3, 0.4) is 0 Å². The molecule has 0 fully saturated rings. The molecule has 6 heteroatoms. The quantitative estimate of drug-likeness (QED) is 0.787. The van der Waals surface area contributed by atoms with Crippen LogP contribution in [0.1, 0.15) is 22.7 Å². The van der Waals surface area contributed by atoms with Crippen molar-refractivity contribution < 1.29 is 23.1 Å². The summed E-state index contributed by atoms with van der Waals surface area (Å²) in [5.74, 6) is -2.52. The zero-order valence-electron chi connectivity index (χ0n) is 10.6. The first-order chi connectivity index (χ1) is 10.1. The molecule has 0 aliphatic rings. The fourth-order valence-corrected chi connectivity index (χ4v) is 2.16. The molecule has 106 valence electrons. The topological polar surface area (TPSA) is 63.3 Å². The lowest BCUT2D eigenvalue weighted by Gasteiger charge is -2.02. The summed E-state index contributed by atoms with van der Waals surface area (Å²) in [6.45, 7) is 0. The van der Waals surface area contributed by atoms with E-state index < -0.39 is 23.8 Å². The highest BCUT2D eigenvalue weighted by atomic mass is 19.3. The van der Waals surface area contributed by atoms with E-state index in [1.165, 1.54) is 0 Å². The number of fused-ring (bicyclic) bond motifs is 1. The first-order valence-corrected chi connectivity index (χ1v) is 6.08. The van der Waals surface area contributed by atoms with Crippen LogP contribution in [0.4, 0.5) is 8.78 Å². The summed E-state index contributed by atoms with van der Waals surface area (Å²) in [6, 6.07) is 12.5. The van der Waals surface area contributed by atoms with Gasteiger partial charge in [0.1, 0.15) is 0 Å². The summed E-state index contributed by atoms with van der Waals surface area (Å²) in [4.78, 5) is 14.6. The molecule has 0 bridgehead atoms. The molecule has 21 heavy (non-hydrogen) atoms. The van der Waals surface area contributed by atoms with Crippen LogP contribution >= 0.6 is 0 Å². The molecule has 3 aromatic rings. The van der Waals surface area contributed by atoms with E-state index in [2.05, 4.69) is 4.98 Å². The molecular formula is C15H9F2NO3. The number of benzene rings is 2. The number of aromatic nitrogens is 1. The number of halogens is 2. The maximum atomic E-state index is 12.8. The minimum atomic E-state index is -3.01. The van der Waals surface area contributed by atoms with Gasteiger partial charge in [-0.15, -0.1) is 0 Å². The highest BCUT2D eigenvalue weighted by molar-refractivity contribution is 5.95. The second-order valence-electron chi connectivity index (χ2n) is 4.37. The van der Waals surface area contributed by atoms with Crippen LogP contribution < -0.4 is 0 Å². The summed E-state index contributed by atoms with van der Waals surface area (Å²) in [5.41, 5.74) is -0.382. The molecule has 1 N–H and O–H groups in total. The zero-order valence-corrected chi connectivity index (χ0v) is 10.6. The number of hydrogen-bond acceptors (Lipinski definition) is 3. The van der Waals surface area contributed by atoms with Gasteiger partial charge in [-0.3, -0.25) is 0 Å². The van der Waals surface area contributed by atoms with Crippen LogP contribution in [0.15, 0.2) is 46.9 Å². The van der Waals surface area contributed by atoms with Crippen LogP contribution in [0.5, 0.6) is 0 Å². The predicted molar refractivity (Wildman–Crippen MR) is 71.4 cm³/mol. The first-order valence-electron chi connectivity index (χ1n) is 6.08. The molecule has 0 unspecified atom stereocenters. The van der Waals surface area contributed by atoms with Crippen molar-refractivity contribution in [1.29, 1.82) is 0 Å². The number of hydrogen-bond donors (Lipinski definition) is 1. The van der Waals surface area contributed by atoms with Crippen molar-refractivity contribution in [1.82, 2.24) is 4.98 Å². The van der Waals surface area contributed by atoms with E-state index in [1.54, 1.807) is 24.3 Å². The molecule has 0 saturated carbocycles. The molecule has 0 aliphatic carbocycles. The van der Waals surface area contributed by atoms with Gasteiger partial charge in [-0.25, -0.2) is 18.6 Å². The Morgan fingerprint density at radius 3 is 2.52 bits per heavy atom. The van der Waals surface area contributed by atoms with E-state index >= 15 is 0 Å². The van der Waals surface area contributed by atoms with E-state index in [9.17, 15) is 13.6 Å². The van der Waals surface area contributed by atoms with E-state index in [-0.39, 0.29) is 5.89 Å². The summed E-state index contributed by atoms with van der Waals surface area (Å²) in [7, 11) is 0. The van der Waals surface area contributed by atoms with Crippen LogP contribution in [0.25, 0.3) is 22.2 Å². The minimum Gasteiger partial charge on any atom is -0.475 e. The van der Waals surface area contributed by atoms with Gasteiger partial charge in [-0.1, -0.05) is 36.4 Å². The lowest BCUT2D eigenvalue weighted by Crippen LogP contribution is -1.99. The van der Waals surface area contributed by atoms with Gasteiger partial charge in [0.15, 0.2) is 5.69 Å². The van der Waals surface area contributed by atoms with Gasteiger partial charge in [0.25, 0.3) is 6.43 Å². The predicted octanol–water partition coefficient (Wildman–Crippen LogP) is 4.13. The highest BCUT2D eigenvalue weighted by Crippen LogP contribution is 2.32. The molecule has 1 heterocycles. The molecule has 0 radical (unpaired) electrons. The second kappa shape index (κ2) is 4.97. The van der Waals surface area contributed by atoms with Crippen LogP contribution in [-0.2, 0) is 0 Å². The van der Waals surface area contributed by atoms with Crippen molar-refractivity contribution in [2.45, 2.75) is 6.43 Å². The van der Waals surface area contributed by atoms with Crippen molar-refractivity contribution in [3.05, 3.63) is 53.9 Å². The number of aromatic carboxylic acids is 1. The monoisotopic (exact) mass is 289 g/mol. The number of alkyl halides is 2. The molecular weight excluding hydrogens is 280 g/mol. The number of carbonyl (C=O) groups is 1. The Balaban J connectivity index is 2.24. The second-order valence-corrected chi connectivity index (χ2v) is 4.37. The molecule has 2 aromatic carbocycles. The maximum Gasteiger partial charge on any atom is 0.374 e. The Hall–Kier alpha value is -2.76. The van der Waals surface area contributed by atoms with E-state index in [0.29, 0.717) is 5.56 Å². The number of carboxylic acid groups (broad SMARTS) is 1. The van der Waals surface area contributed by atoms with Crippen LogP contribution in [0, 0.1) is 0 Å². The fraction of sp³-hybridized carbons (Fsp3) is 0.0667. The Labute approximate surface area is 117 Å². The normalized spacial score (nSPS) is 11.2. The Bertz CT molecular complexity index is 821. The van der Waals surface area contributed by atoms with Gasteiger partial charge >= 0.3 is 5.97 Å². The standard InChI is InChI=1S/C15H9F2NO3/c16-13(17)11-12(15(19)20)21-14(18-11)10-7-3-5-8-4-1-2-6-9(8)10/h1-7,13H,(H,19,20). The molecule has 0 amide bonds. The molecule has 4 nitrogen and oxygen atoms in total. The van der Waals surface area contributed by atoms with Crippen molar-refractivity contribution in [2.75, 3.05) is 0 Å². The largest absolute Gasteiger partial charge is 0.475 e. The van der Waals surface area contributed by atoms with Gasteiger partial charge in [0, 0.05) is 5.56 Å². The van der Waals surface area contributed by atoms with Gasteiger partial charge in [0.05, 0.1) is 0 Å². The van der Waals surface area contributed by atoms with E-state index in [4.69, 9.17) is 9.52 Å². The molecule has 0 spiro atoms. The number of nitrogens with zero attached hydrogens (tertiary/aromatic N) is 1. The lowest BCUT2D eigenvalue weighted by atomic mass is 10.0. The molecule has 0 atom stereocenters. The van der Waals surface area contributed by atoms with Crippen molar-refractivity contribution in [2.24, 2.45) is 0 Å². The van der Waals surface area contributed by atoms with Crippen molar-refractivity contribution in [3.63, 3.8) is 0 Å². The van der Waals surface area contributed by atoms with Gasteiger partial charge in [-0.05, 0) is 16.8 Å². The summed E-state index contributed by atoms with van der Waals surface area (Å²) in [5, 5.41) is 10.5. The summed E-state index contributed by atoms with van der Waals surface area (Å²) >= 11 is 0. The minimum absolute atomic E-state index is 0.125. The Kier molecular flexibility index (Phi) is 3.13. The average molecular weight is 289 g/mol. The maximum absolute atomic E-state index is 12.8. The Morgan fingerprint density at radius 2 is 1.86 bits per heavy atom. The smallest absolute Gasteiger partial charge is 0.374 e.